The number of hydrogen-bond acceptors (Lipinski definition) is 2. The topological polar surface area (TPSA) is 29.5 Å². The van der Waals surface area contributed by atoms with E-state index in [0.29, 0.717) is 4.47 Å². The van der Waals surface area contributed by atoms with E-state index in [1.54, 1.807) is 0 Å². The van der Waals surface area contributed by atoms with Crippen LogP contribution in [0.3, 0.4) is 0 Å². The van der Waals surface area contributed by atoms with Gasteiger partial charge in [0.05, 0.1) is 0 Å². The summed E-state index contributed by atoms with van der Waals surface area (Å²) in [6.45, 7) is 8.55. The molecule has 0 radical (unpaired) electrons. The van der Waals surface area contributed by atoms with Crippen LogP contribution in [0.5, 0.6) is 0 Å². The molecule has 0 saturated carbocycles. The Morgan fingerprint density at radius 3 is 2.32 bits per heavy atom. The van der Waals surface area contributed by atoms with Gasteiger partial charge in [-0.05, 0) is 36.3 Å². The number of aliphatic hydroxyl groups excluding tert-OH is 1. The zero-order valence-corrected chi connectivity index (χ0v) is 16.0. The molecule has 0 heterocycles. The van der Waals surface area contributed by atoms with E-state index in [-0.39, 0.29) is 5.04 Å². The number of alkyl halides is 2. The van der Waals surface area contributed by atoms with Crippen molar-refractivity contribution < 1.29 is 22.7 Å². The first-order valence-corrected chi connectivity index (χ1v) is 10.6. The molecule has 1 atom stereocenters. The Hall–Kier alpha value is -0.373. The lowest BCUT2D eigenvalue weighted by atomic mass is 10.0. The van der Waals surface area contributed by atoms with Crippen molar-refractivity contribution in [2.24, 2.45) is 0 Å². The van der Waals surface area contributed by atoms with Crippen LogP contribution in [0.25, 0.3) is 0 Å². The molecule has 0 saturated heterocycles. The lowest BCUT2D eigenvalue weighted by molar-refractivity contribution is -0.136. The predicted molar refractivity (Wildman–Crippen MR) is 87.2 cm³/mol. The fraction of sp³-hybridized carbons (Fsp3) is 0.600. The van der Waals surface area contributed by atoms with Gasteiger partial charge in [-0.25, -0.2) is 13.2 Å². The normalized spacial score (nSPS) is 15.0. The fourth-order valence-corrected chi connectivity index (χ4v) is 2.89. The zero-order chi connectivity index (χ0) is 17.3. The van der Waals surface area contributed by atoms with Gasteiger partial charge in [-0.3, -0.25) is 0 Å². The van der Waals surface area contributed by atoms with Crippen LogP contribution >= 0.6 is 15.9 Å². The molecule has 2 nitrogen and oxygen atoms in total. The van der Waals surface area contributed by atoms with Gasteiger partial charge in [0, 0.05) is 10.0 Å². The molecule has 0 aliphatic rings. The van der Waals surface area contributed by atoms with E-state index < -0.39 is 38.3 Å². The van der Waals surface area contributed by atoms with Crippen LogP contribution in [0.1, 0.15) is 32.4 Å². The number of benzene rings is 1. The third-order valence-corrected chi connectivity index (χ3v) is 9.06. The van der Waals surface area contributed by atoms with Gasteiger partial charge in [0.1, 0.15) is 18.5 Å². The molecular weight excluding hydrogens is 377 g/mol. The molecule has 0 aliphatic carbocycles. The second-order valence-corrected chi connectivity index (χ2v) is 12.6. The lowest BCUT2D eigenvalue weighted by Crippen LogP contribution is -2.45. The smallest absolute Gasteiger partial charge is 0.299 e. The van der Waals surface area contributed by atoms with Crippen LogP contribution in [-0.4, -0.2) is 26.0 Å². The van der Waals surface area contributed by atoms with Crippen molar-refractivity contribution in [2.75, 3.05) is 6.61 Å². The molecule has 1 aromatic carbocycles. The first-order valence-electron chi connectivity index (χ1n) is 6.93. The number of hydrogen-bond donors (Lipinski definition) is 1. The van der Waals surface area contributed by atoms with Crippen molar-refractivity contribution in [1.82, 2.24) is 0 Å². The molecule has 0 aliphatic heterocycles. The third kappa shape index (κ3) is 4.56. The summed E-state index contributed by atoms with van der Waals surface area (Å²) in [7, 11) is -2.38. The molecule has 7 heteroatoms. The van der Waals surface area contributed by atoms with Crippen molar-refractivity contribution in [2.45, 2.75) is 50.9 Å². The molecule has 126 valence electrons. The number of rotatable bonds is 5. The summed E-state index contributed by atoms with van der Waals surface area (Å²) >= 11 is 3.08. The van der Waals surface area contributed by atoms with Crippen LogP contribution in [0.4, 0.5) is 13.2 Å². The van der Waals surface area contributed by atoms with E-state index in [1.807, 2.05) is 33.9 Å². The average molecular weight is 399 g/mol. The van der Waals surface area contributed by atoms with Gasteiger partial charge in [-0.15, -0.1) is 0 Å². The zero-order valence-electron chi connectivity index (χ0n) is 13.4. The maximum absolute atomic E-state index is 14.2. The summed E-state index contributed by atoms with van der Waals surface area (Å²) in [6.07, 6.45) is -2.25. The molecule has 0 bridgehead atoms. The first kappa shape index (κ1) is 19.7. The molecule has 0 fully saturated rings. The minimum Gasteiger partial charge on any atom is -0.411 e. The quantitative estimate of drug-likeness (QED) is 0.683. The summed E-state index contributed by atoms with van der Waals surface area (Å²) in [6, 6.07) is 3.57. The Bertz CT molecular complexity index is 530. The highest BCUT2D eigenvalue weighted by Crippen LogP contribution is 2.40. The molecule has 1 aromatic rings. The Morgan fingerprint density at radius 1 is 1.27 bits per heavy atom. The maximum Gasteiger partial charge on any atom is 0.299 e. The molecule has 1 N–H and O–H groups in total. The molecule has 0 amide bonds. The molecule has 0 aromatic heterocycles. The van der Waals surface area contributed by atoms with Gasteiger partial charge < -0.3 is 9.53 Å². The van der Waals surface area contributed by atoms with Crippen LogP contribution in [0.2, 0.25) is 18.1 Å². The first-order chi connectivity index (χ1) is 9.78. The van der Waals surface area contributed by atoms with Gasteiger partial charge in [0.15, 0.2) is 8.32 Å². The second kappa shape index (κ2) is 6.63. The predicted octanol–water partition coefficient (Wildman–Crippen LogP) is 5.28. The van der Waals surface area contributed by atoms with E-state index in [0.717, 1.165) is 12.1 Å². The monoisotopic (exact) mass is 398 g/mol. The van der Waals surface area contributed by atoms with E-state index in [1.165, 1.54) is 6.07 Å². The van der Waals surface area contributed by atoms with E-state index in [2.05, 4.69) is 15.9 Å². The third-order valence-electron chi connectivity index (χ3n) is 4.08. The molecule has 1 unspecified atom stereocenters. The largest absolute Gasteiger partial charge is 0.411 e. The van der Waals surface area contributed by atoms with Gasteiger partial charge in [0.2, 0.25) is 0 Å². The van der Waals surface area contributed by atoms with Crippen molar-refractivity contribution in [3.05, 3.63) is 34.1 Å². The van der Waals surface area contributed by atoms with E-state index >= 15 is 0 Å². The van der Waals surface area contributed by atoms with Gasteiger partial charge in [0.25, 0.3) is 5.92 Å². The number of aliphatic hydroxyl groups is 1. The Balaban J connectivity index is 2.92. The lowest BCUT2D eigenvalue weighted by Gasteiger charge is -2.37. The summed E-state index contributed by atoms with van der Waals surface area (Å²) in [5.74, 6) is -4.44. The summed E-state index contributed by atoms with van der Waals surface area (Å²) in [4.78, 5) is 0. The molecular formula is C15H22BrF3O2Si. The highest BCUT2D eigenvalue weighted by molar-refractivity contribution is 9.10. The highest BCUT2D eigenvalue weighted by Gasteiger charge is 2.45. The maximum atomic E-state index is 14.2. The minimum absolute atomic E-state index is 0.227. The standard InChI is InChI=1S/C15H22BrF3O2Si/c1-14(2,3)22(4,5)21-9-15(18,19)13(20)11-8-10(16)6-7-12(11)17/h6-8,13,20H,9H2,1-5H3. The molecule has 1 rings (SSSR count). The van der Waals surface area contributed by atoms with Gasteiger partial charge >= 0.3 is 0 Å². The fourth-order valence-electron chi connectivity index (χ4n) is 1.52. The van der Waals surface area contributed by atoms with Crippen LogP contribution in [0, 0.1) is 5.82 Å². The van der Waals surface area contributed by atoms with Gasteiger partial charge in [-0.1, -0.05) is 36.7 Å². The van der Waals surface area contributed by atoms with Crippen molar-refractivity contribution in [3.8, 4) is 0 Å². The van der Waals surface area contributed by atoms with Crippen molar-refractivity contribution in [3.63, 3.8) is 0 Å². The Kier molecular flexibility index (Phi) is 5.93. The van der Waals surface area contributed by atoms with Crippen LogP contribution in [-0.2, 0) is 4.43 Å². The number of halogens is 4. The SMILES string of the molecule is CC(C)(C)[Si](C)(C)OCC(F)(F)C(O)c1cc(Br)ccc1F. The van der Waals surface area contributed by atoms with Crippen molar-refractivity contribution in [1.29, 1.82) is 0 Å². The molecule has 0 spiro atoms. The van der Waals surface area contributed by atoms with E-state index in [4.69, 9.17) is 4.43 Å². The Morgan fingerprint density at radius 2 is 1.82 bits per heavy atom. The second-order valence-electron chi connectivity index (χ2n) is 6.88. The molecule has 22 heavy (non-hydrogen) atoms. The van der Waals surface area contributed by atoms with E-state index in [9.17, 15) is 18.3 Å². The minimum atomic E-state index is -3.57. The summed E-state index contributed by atoms with van der Waals surface area (Å²) in [5.41, 5.74) is -0.446. The highest BCUT2D eigenvalue weighted by atomic mass is 79.9. The summed E-state index contributed by atoms with van der Waals surface area (Å²) < 4.78 is 48.0. The van der Waals surface area contributed by atoms with Crippen molar-refractivity contribution >= 4 is 24.2 Å². The van der Waals surface area contributed by atoms with Gasteiger partial charge in [-0.2, -0.15) is 0 Å². The average Bonchev–Trinajstić information content (AvgIpc) is 2.37. The Labute approximate surface area is 138 Å². The van der Waals surface area contributed by atoms with Crippen LogP contribution in [0.15, 0.2) is 22.7 Å². The van der Waals surface area contributed by atoms with Crippen LogP contribution < -0.4 is 0 Å². The summed E-state index contributed by atoms with van der Waals surface area (Å²) in [5, 5.41) is 9.65.